The second-order valence-electron chi connectivity index (χ2n) is 4.94. The Balaban J connectivity index is 1.94. The lowest BCUT2D eigenvalue weighted by atomic mass is 10.1. The van der Waals surface area contributed by atoms with E-state index in [1.165, 1.54) is 0 Å². The minimum Gasteiger partial charge on any atom is -0.333 e. The molecule has 2 aromatic heterocycles. The van der Waals surface area contributed by atoms with Gasteiger partial charge in [-0.15, -0.1) is 10.2 Å². The van der Waals surface area contributed by atoms with Crippen molar-refractivity contribution in [3.8, 4) is 0 Å². The number of hydrogen-bond donors (Lipinski definition) is 1. The predicted octanol–water partition coefficient (Wildman–Crippen LogP) is 0.472. The molecule has 1 saturated heterocycles. The number of fused-ring (bicyclic) bond motifs is 1. The van der Waals surface area contributed by atoms with E-state index in [-0.39, 0.29) is 11.9 Å². The first-order chi connectivity index (χ1) is 9.16. The molecule has 19 heavy (non-hydrogen) atoms. The molecule has 1 aliphatic rings. The van der Waals surface area contributed by atoms with Crippen molar-refractivity contribution in [2.24, 2.45) is 0 Å². The number of carbonyl (C=O) groups excluding carboxylic acids is 1. The molecule has 6 heteroatoms. The summed E-state index contributed by atoms with van der Waals surface area (Å²) in [7, 11) is 0. The Labute approximate surface area is 111 Å². The van der Waals surface area contributed by atoms with Crippen molar-refractivity contribution in [3.63, 3.8) is 0 Å². The van der Waals surface area contributed by atoms with E-state index in [1.807, 2.05) is 34.6 Å². The van der Waals surface area contributed by atoms with E-state index in [9.17, 15) is 4.79 Å². The first kappa shape index (κ1) is 12.1. The number of amides is 1. The van der Waals surface area contributed by atoms with Gasteiger partial charge in [-0.2, -0.15) is 0 Å². The highest BCUT2D eigenvalue weighted by Crippen LogP contribution is 2.12. The van der Waals surface area contributed by atoms with Gasteiger partial charge < -0.3 is 10.2 Å². The molecule has 3 rings (SSSR count). The molecule has 0 bridgehead atoms. The first-order valence-electron chi connectivity index (χ1n) is 6.50. The molecule has 0 spiro atoms. The van der Waals surface area contributed by atoms with Crippen LogP contribution in [0.3, 0.4) is 0 Å². The van der Waals surface area contributed by atoms with Crippen LogP contribution in [0.4, 0.5) is 0 Å². The van der Waals surface area contributed by atoms with Gasteiger partial charge in [0.1, 0.15) is 5.82 Å². The van der Waals surface area contributed by atoms with Gasteiger partial charge in [0.2, 0.25) is 0 Å². The van der Waals surface area contributed by atoms with Gasteiger partial charge in [-0.25, -0.2) is 0 Å². The molecular formula is C13H17N5O. The van der Waals surface area contributed by atoms with E-state index in [0.717, 1.165) is 31.1 Å². The zero-order chi connectivity index (χ0) is 13.4. The van der Waals surface area contributed by atoms with Gasteiger partial charge in [-0.05, 0) is 26.0 Å². The molecule has 100 valence electrons. The molecule has 1 fully saturated rings. The summed E-state index contributed by atoms with van der Waals surface area (Å²) < 4.78 is 1.85. The normalized spacial score (nSPS) is 19.9. The minimum absolute atomic E-state index is 0.0731. The average molecular weight is 259 g/mol. The van der Waals surface area contributed by atoms with Crippen LogP contribution in [0.2, 0.25) is 0 Å². The molecule has 1 N–H and O–H groups in total. The lowest BCUT2D eigenvalue weighted by Crippen LogP contribution is -2.52. The number of nitrogens with one attached hydrogen (secondary N) is 1. The van der Waals surface area contributed by atoms with Gasteiger partial charge >= 0.3 is 0 Å². The van der Waals surface area contributed by atoms with E-state index in [0.29, 0.717) is 5.56 Å². The summed E-state index contributed by atoms with van der Waals surface area (Å²) in [4.78, 5) is 14.4. The van der Waals surface area contributed by atoms with Crippen LogP contribution in [-0.2, 0) is 0 Å². The smallest absolute Gasteiger partial charge is 0.255 e. The number of pyridine rings is 1. The summed E-state index contributed by atoms with van der Waals surface area (Å²) in [6.45, 7) is 6.39. The van der Waals surface area contributed by atoms with E-state index in [1.54, 1.807) is 0 Å². The first-order valence-corrected chi connectivity index (χ1v) is 6.50. The fourth-order valence-corrected chi connectivity index (χ4v) is 2.44. The van der Waals surface area contributed by atoms with Crippen molar-refractivity contribution >= 4 is 11.6 Å². The highest BCUT2D eigenvalue weighted by molar-refractivity contribution is 5.94. The molecule has 1 atom stereocenters. The molecule has 3 heterocycles. The molecule has 0 unspecified atom stereocenters. The number of rotatable bonds is 1. The molecule has 6 nitrogen and oxygen atoms in total. The molecule has 0 aromatic carbocycles. The summed E-state index contributed by atoms with van der Waals surface area (Å²) in [5, 5.41) is 11.3. The third-order valence-corrected chi connectivity index (χ3v) is 3.58. The van der Waals surface area contributed by atoms with Crippen molar-refractivity contribution in [2.45, 2.75) is 19.9 Å². The van der Waals surface area contributed by atoms with Crippen LogP contribution in [0.1, 0.15) is 23.1 Å². The van der Waals surface area contributed by atoms with Gasteiger partial charge in [0.25, 0.3) is 5.91 Å². The summed E-state index contributed by atoms with van der Waals surface area (Å²) >= 11 is 0. The number of carbonyl (C=O) groups is 1. The molecule has 1 aliphatic heterocycles. The molecule has 1 amide bonds. The van der Waals surface area contributed by atoms with Crippen molar-refractivity contribution < 1.29 is 4.79 Å². The molecular weight excluding hydrogens is 242 g/mol. The lowest BCUT2D eigenvalue weighted by Gasteiger charge is -2.34. The lowest BCUT2D eigenvalue weighted by molar-refractivity contribution is 0.0655. The van der Waals surface area contributed by atoms with Gasteiger partial charge in [0, 0.05) is 31.9 Å². The zero-order valence-corrected chi connectivity index (χ0v) is 11.1. The van der Waals surface area contributed by atoms with Crippen LogP contribution >= 0.6 is 0 Å². The van der Waals surface area contributed by atoms with E-state index in [2.05, 4.69) is 22.4 Å². The van der Waals surface area contributed by atoms with Crippen LogP contribution in [-0.4, -0.2) is 51.1 Å². The molecule has 0 aliphatic carbocycles. The maximum absolute atomic E-state index is 12.5. The maximum atomic E-state index is 12.5. The van der Waals surface area contributed by atoms with Gasteiger partial charge in [-0.3, -0.25) is 9.20 Å². The standard InChI is InChI=1S/C13H17N5O/c1-9-7-14-5-6-17(9)13(19)11-3-4-12-16-15-10(2)18(12)8-11/h3-4,8-9,14H,5-7H2,1-2H3/t9-/m0/s1. The van der Waals surface area contributed by atoms with Crippen molar-refractivity contribution in [1.29, 1.82) is 0 Å². The van der Waals surface area contributed by atoms with Crippen LogP contribution in [0.5, 0.6) is 0 Å². The van der Waals surface area contributed by atoms with Gasteiger partial charge in [0.05, 0.1) is 5.56 Å². The second kappa shape index (κ2) is 4.62. The highest BCUT2D eigenvalue weighted by atomic mass is 16.2. The van der Waals surface area contributed by atoms with Crippen LogP contribution in [0.25, 0.3) is 5.65 Å². The van der Waals surface area contributed by atoms with Crippen LogP contribution < -0.4 is 5.32 Å². The van der Waals surface area contributed by atoms with Gasteiger partial charge in [0.15, 0.2) is 5.65 Å². The van der Waals surface area contributed by atoms with Crippen molar-refractivity contribution in [3.05, 3.63) is 29.7 Å². The summed E-state index contributed by atoms with van der Waals surface area (Å²) in [6.07, 6.45) is 1.82. The fraction of sp³-hybridized carbons (Fsp3) is 0.462. The highest BCUT2D eigenvalue weighted by Gasteiger charge is 2.24. The third kappa shape index (κ3) is 2.08. The van der Waals surface area contributed by atoms with Crippen molar-refractivity contribution in [2.75, 3.05) is 19.6 Å². The fourth-order valence-electron chi connectivity index (χ4n) is 2.44. The van der Waals surface area contributed by atoms with E-state index in [4.69, 9.17) is 0 Å². The second-order valence-corrected chi connectivity index (χ2v) is 4.94. The van der Waals surface area contributed by atoms with E-state index < -0.39 is 0 Å². The quantitative estimate of drug-likeness (QED) is 0.808. The monoisotopic (exact) mass is 259 g/mol. The molecule has 2 aromatic rings. The number of aromatic nitrogens is 3. The predicted molar refractivity (Wildman–Crippen MR) is 71.1 cm³/mol. The zero-order valence-electron chi connectivity index (χ0n) is 11.1. The van der Waals surface area contributed by atoms with Gasteiger partial charge in [-0.1, -0.05) is 0 Å². The molecule has 0 radical (unpaired) electrons. The summed E-state index contributed by atoms with van der Waals surface area (Å²) in [5.74, 6) is 0.863. The number of piperazine rings is 1. The van der Waals surface area contributed by atoms with E-state index >= 15 is 0 Å². The Morgan fingerprint density at radius 1 is 1.42 bits per heavy atom. The van der Waals surface area contributed by atoms with Crippen molar-refractivity contribution in [1.82, 2.24) is 24.8 Å². The third-order valence-electron chi connectivity index (χ3n) is 3.58. The minimum atomic E-state index is 0.0731. The Hall–Kier alpha value is -1.95. The topological polar surface area (TPSA) is 62.5 Å². The van der Waals surface area contributed by atoms with Crippen LogP contribution in [0.15, 0.2) is 18.3 Å². The summed E-state index contributed by atoms with van der Waals surface area (Å²) in [5.41, 5.74) is 1.45. The Morgan fingerprint density at radius 3 is 3.05 bits per heavy atom. The summed E-state index contributed by atoms with van der Waals surface area (Å²) in [6, 6.07) is 3.87. The number of hydrogen-bond acceptors (Lipinski definition) is 4. The SMILES string of the molecule is Cc1nnc2ccc(C(=O)N3CCNC[C@@H]3C)cn12. The maximum Gasteiger partial charge on any atom is 0.255 e. The Kier molecular flexibility index (Phi) is 2.94. The Morgan fingerprint density at radius 2 is 2.26 bits per heavy atom. The number of nitrogens with zero attached hydrogens (tertiary/aromatic N) is 4. The number of aryl methyl sites for hydroxylation is 1. The van der Waals surface area contributed by atoms with Crippen LogP contribution in [0, 0.1) is 6.92 Å². The largest absolute Gasteiger partial charge is 0.333 e. The average Bonchev–Trinajstić information content (AvgIpc) is 2.80. The Bertz CT molecular complexity index is 621. The molecule has 0 saturated carbocycles.